The van der Waals surface area contributed by atoms with Gasteiger partial charge in [0.05, 0.1) is 0 Å². The maximum atomic E-state index is 11.4. The molecule has 3 rings (SSSR count). The molecule has 0 heterocycles. The monoisotopic (exact) mass is 212 g/mol. The molecule has 1 atom stereocenters. The largest absolute Gasteiger partial charge is 0.479 e. The highest BCUT2D eigenvalue weighted by Gasteiger charge is 2.53. The average molecular weight is 212 g/mol. The quantitative estimate of drug-likeness (QED) is 0.778. The minimum absolute atomic E-state index is 0.256. The van der Waals surface area contributed by atoms with Gasteiger partial charge in [-0.1, -0.05) is 6.92 Å². The number of hydrogen-bond acceptors (Lipinski definition) is 2. The lowest BCUT2D eigenvalue weighted by atomic mass is 9.62. The van der Waals surface area contributed by atoms with Crippen LogP contribution < -0.4 is 0 Å². The van der Waals surface area contributed by atoms with Gasteiger partial charge in [-0.25, -0.2) is 4.79 Å². The molecular formula is C12H20O3. The van der Waals surface area contributed by atoms with Crippen molar-refractivity contribution in [3.05, 3.63) is 0 Å². The molecule has 0 radical (unpaired) electrons. The fourth-order valence-corrected chi connectivity index (χ4v) is 3.21. The van der Waals surface area contributed by atoms with Crippen LogP contribution in [0.5, 0.6) is 0 Å². The Hall–Kier alpha value is -0.570. The van der Waals surface area contributed by atoms with Crippen molar-refractivity contribution >= 4 is 5.97 Å². The number of rotatable bonds is 4. The summed E-state index contributed by atoms with van der Waals surface area (Å²) in [7, 11) is 0. The SMILES string of the molecule is CCCOC1(C(=O)O)CC2CCC1CC2. The fraction of sp³-hybridized carbons (Fsp3) is 0.917. The van der Waals surface area contributed by atoms with Crippen LogP contribution in [-0.2, 0) is 9.53 Å². The zero-order chi connectivity index (χ0) is 10.9. The second-order valence-electron chi connectivity index (χ2n) is 4.96. The summed E-state index contributed by atoms with van der Waals surface area (Å²) >= 11 is 0. The highest BCUT2D eigenvalue weighted by molar-refractivity contribution is 5.78. The molecule has 3 aliphatic carbocycles. The maximum Gasteiger partial charge on any atom is 0.336 e. The Morgan fingerprint density at radius 2 is 2.07 bits per heavy atom. The normalized spacial score (nSPS) is 39.3. The zero-order valence-corrected chi connectivity index (χ0v) is 9.37. The smallest absolute Gasteiger partial charge is 0.336 e. The molecule has 3 fully saturated rings. The Morgan fingerprint density at radius 3 is 2.47 bits per heavy atom. The summed E-state index contributed by atoms with van der Waals surface area (Å²) in [5.41, 5.74) is -0.836. The van der Waals surface area contributed by atoms with Crippen LogP contribution in [0.3, 0.4) is 0 Å². The van der Waals surface area contributed by atoms with Crippen molar-refractivity contribution in [2.75, 3.05) is 6.61 Å². The van der Waals surface area contributed by atoms with Crippen molar-refractivity contribution in [1.29, 1.82) is 0 Å². The summed E-state index contributed by atoms with van der Waals surface area (Å²) < 4.78 is 5.72. The zero-order valence-electron chi connectivity index (χ0n) is 9.37. The summed E-state index contributed by atoms with van der Waals surface area (Å²) in [6.07, 6.45) is 6.13. The van der Waals surface area contributed by atoms with E-state index in [-0.39, 0.29) is 5.92 Å². The Bertz CT molecular complexity index is 243. The first-order valence-electron chi connectivity index (χ1n) is 6.06. The van der Waals surface area contributed by atoms with E-state index in [1.54, 1.807) is 0 Å². The van der Waals surface area contributed by atoms with Crippen molar-refractivity contribution in [2.45, 2.75) is 51.0 Å². The van der Waals surface area contributed by atoms with Crippen LogP contribution in [0.15, 0.2) is 0 Å². The van der Waals surface area contributed by atoms with Gasteiger partial charge in [-0.3, -0.25) is 0 Å². The van der Waals surface area contributed by atoms with Crippen LogP contribution in [0.4, 0.5) is 0 Å². The van der Waals surface area contributed by atoms with Gasteiger partial charge < -0.3 is 9.84 Å². The molecule has 0 saturated heterocycles. The van der Waals surface area contributed by atoms with Crippen LogP contribution in [0.1, 0.15) is 45.4 Å². The molecule has 3 nitrogen and oxygen atoms in total. The number of hydrogen-bond donors (Lipinski definition) is 1. The number of carboxylic acids is 1. The van der Waals surface area contributed by atoms with Crippen molar-refractivity contribution in [3.8, 4) is 0 Å². The summed E-state index contributed by atoms with van der Waals surface area (Å²) in [5, 5.41) is 9.41. The standard InChI is InChI=1S/C12H20O3/c1-2-7-15-12(11(13)14)8-9-3-5-10(12)6-4-9/h9-10H,2-8H2,1H3,(H,13,14). The minimum Gasteiger partial charge on any atom is -0.479 e. The molecular weight excluding hydrogens is 192 g/mol. The molecule has 0 aromatic heterocycles. The van der Waals surface area contributed by atoms with E-state index in [0.717, 1.165) is 25.7 Å². The molecule has 0 aromatic carbocycles. The molecule has 0 aromatic rings. The first kappa shape index (κ1) is 10.9. The predicted octanol–water partition coefficient (Wildman–Crippen LogP) is 2.45. The topological polar surface area (TPSA) is 46.5 Å². The molecule has 3 heteroatoms. The van der Waals surface area contributed by atoms with E-state index in [9.17, 15) is 9.90 Å². The molecule has 86 valence electrons. The molecule has 0 spiro atoms. The van der Waals surface area contributed by atoms with Gasteiger partial charge in [0, 0.05) is 6.61 Å². The van der Waals surface area contributed by atoms with Gasteiger partial charge in [-0.05, 0) is 50.4 Å². The lowest BCUT2D eigenvalue weighted by molar-refractivity contribution is -0.191. The van der Waals surface area contributed by atoms with E-state index in [0.29, 0.717) is 12.5 Å². The third-order valence-corrected chi connectivity index (χ3v) is 4.02. The molecule has 1 N–H and O–H groups in total. The maximum absolute atomic E-state index is 11.4. The summed E-state index contributed by atoms with van der Waals surface area (Å²) in [6, 6.07) is 0. The van der Waals surface area contributed by atoms with Gasteiger partial charge in [-0.15, -0.1) is 0 Å². The number of carboxylic acid groups (broad SMARTS) is 1. The lowest BCUT2D eigenvalue weighted by Gasteiger charge is -2.48. The second-order valence-corrected chi connectivity index (χ2v) is 4.96. The van der Waals surface area contributed by atoms with Gasteiger partial charge in [0.1, 0.15) is 0 Å². The van der Waals surface area contributed by atoms with Gasteiger partial charge in [0.15, 0.2) is 5.60 Å². The van der Waals surface area contributed by atoms with E-state index < -0.39 is 11.6 Å². The number of carbonyl (C=O) groups is 1. The van der Waals surface area contributed by atoms with Crippen molar-refractivity contribution in [1.82, 2.24) is 0 Å². The van der Waals surface area contributed by atoms with Gasteiger partial charge in [0.2, 0.25) is 0 Å². The first-order chi connectivity index (χ1) is 7.19. The van der Waals surface area contributed by atoms with Crippen LogP contribution in [0.25, 0.3) is 0 Å². The van der Waals surface area contributed by atoms with E-state index in [2.05, 4.69) is 0 Å². The molecule has 0 amide bonds. The Kier molecular flexibility index (Phi) is 3.01. The summed E-state index contributed by atoms with van der Waals surface area (Å²) in [5.74, 6) is 0.111. The second kappa shape index (κ2) is 4.12. The number of ether oxygens (including phenoxy) is 1. The number of fused-ring (bicyclic) bond motifs is 3. The first-order valence-corrected chi connectivity index (χ1v) is 6.06. The van der Waals surface area contributed by atoms with Gasteiger partial charge in [-0.2, -0.15) is 0 Å². The van der Waals surface area contributed by atoms with Crippen LogP contribution in [-0.4, -0.2) is 23.3 Å². The van der Waals surface area contributed by atoms with Crippen LogP contribution >= 0.6 is 0 Å². The molecule has 3 saturated carbocycles. The number of aliphatic carboxylic acids is 1. The fourth-order valence-electron chi connectivity index (χ4n) is 3.21. The third kappa shape index (κ3) is 1.78. The minimum atomic E-state index is -0.836. The molecule has 15 heavy (non-hydrogen) atoms. The molecule has 1 unspecified atom stereocenters. The molecule has 3 aliphatic rings. The van der Waals surface area contributed by atoms with E-state index >= 15 is 0 Å². The average Bonchev–Trinajstić information content (AvgIpc) is 2.27. The van der Waals surface area contributed by atoms with Crippen LogP contribution in [0.2, 0.25) is 0 Å². The highest BCUT2D eigenvalue weighted by Crippen LogP contribution is 2.49. The van der Waals surface area contributed by atoms with Gasteiger partial charge in [0.25, 0.3) is 0 Å². The van der Waals surface area contributed by atoms with Crippen LogP contribution in [0, 0.1) is 11.8 Å². The van der Waals surface area contributed by atoms with Crippen molar-refractivity contribution in [2.24, 2.45) is 11.8 Å². The Balaban J connectivity index is 2.15. The predicted molar refractivity (Wildman–Crippen MR) is 56.7 cm³/mol. The van der Waals surface area contributed by atoms with Crippen molar-refractivity contribution < 1.29 is 14.6 Å². The van der Waals surface area contributed by atoms with Crippen molar-refractivity contribution in [3.63, 3.8) is 0 Å². The van der Waals surface area contributed by atoms with E-state index in [1.807, 2.05) is 6.92 Å². The lowest BCUT2D eigenvalue weighted by Crippen LogP contribution is -2.55. The Labute approximate surface area is 90.8 Å². The summed E-state index contributed by atoms with van der Waals surface area (Å²) in [4.78, 5) is 11.4. The highest BCUT2D eigenvalue weighted by atomic mass is 16.5. The van der Waals surface area contributed by atoms with Gasteiger partial charge >= 0.3 is 5.97 Å². The van der Waals surface area contributed by atoms with E-state index in [4.69, 9.17) is 4.74 Å². The Morgan fingerprint density at radius 1 is 1.40 bits per heavy atom. The summed E-state index contributed by atoms with van der Waals surface area (Å²) in [6.45, 7) is 2.60. The van der Waals surface area contributed by atoms with E-state index in [1.165, 1.54) is 12.8 Å². The molecule has 0 aliphatic heterocycles. The molecule has 2 bridgehead atoms. The third-order valence-electron chi connectivity index (χ3n) is 4.02.